The summed E-state index contributed by atoms with van der Waals surface area (Å²) in [6, 6.07) is 68.0. The van der Waals surface area contributed by atoms with Crippen LogP contribution in [0.4, 0.5) is 17.1 Å². The number of anilines is 3. The first-order valence-corrected chi connectivity index (χ1v) is 25.7. The molecule has 2 spiro atoms. The van der Waals surface area contributed by atoms with E-state index in [2.05, 4.69) is 195 Å². The Hall–Kier alpha value is -6.22. The smallest absolute Gasteiger partial charge is 0.0468 e. The van der Waals surface area contributed by atoms with E-state index in [0.29, 0.717) is 5.92 Å². The molecule has 0 aliphatic heterocycles. The van der Waals surface area contributed by atoms with Gasteiger partial charge >= 0.3 is 0 Å². The number of benzene rings is 8. The highest BCUT2D eigenvalue weighted by molar-refractivity contribution is 7.25. The molecule has 3 fully saturated rings. The molecule has 5 aliphatic rings. The van der Waals surface area contributed by atoms with Gasteiger partial charge in [-0.25, -0.2) is 0 Å². The van der Waals surface area contributed by atoms with Gasteiger partial charge in [-0.05, 0) is 184 Å². The molecule has 0 amide bonds. The molecule has 8 aromatic carbocycles. The van der Waals surface area contributed by atoms with E-state index in [9.17, 15) is 0 Å². The Kier molecular flexibility index (Phi) is 8.65. The van der Waals surface area contributed by atoms with Crippen LogP contribution in [0, 0.1) is 23.7 Å². The molecule has 3 saturated carbocycles. The van der Waals surface area contributed by atoms with E-state index in [1.54, 1.807) is 11.1 Å². The Morgan fingerprint density at radius 1 is 0.439 bits per heavy atom. The van der Waals surface area contributed by atoms with Crippen LogP contribution >= 0.6 is 11.3 Å². The molecule has 5 atom stereocenters. The Labute approximate surface area is 393 Å². The lowest BCUT2D eigenvalue weighted by Gasteiger charge is -2.54. The Morgan fingerprint density at radius 2 is 1.08 bits per heavy atom. The molecule has 66 heavy (non-hydrogen) atoms. The van der Waals surface area contributed by atoms with Gasteiger partial charge < -0.3 is 4.90 Å². The summed E-state index contributed by atoms with van der Waals surface area (Å²) < 4.78 is 2.67. The topological polar surface area (TPSA) is 3.24 Å². The summed E-state index contributed by atoms with van der Waals surface area (Å²) in [6.07, 6.45) is 10.5. The zero-order valence-electron chi connectivity index (χ0n) is 38.1. The molecule has 5 aliphatic carbocycles. The lowest BCUT2D eigenvalue weighted by Crippen LogP contribution is -2.49. The maximum absolute atomic E-state index is 2.58. The fraction of sp³-hybridized carbons (Fsp3) is 0.250. The Bertz CT molecular complexity index is 3380. The zero-order valence-corrected chi connectivity index (χ0v) is 38.9. The van der Waals surface area contributed by atoms with Gasteiger partial charge in [0.2, 0.25) is 0 Å². The van der Waals surface area contributed by atoms with Crippen molar-refractivity contribution in [2.45, 2.75) is 76.0 Å². The first-order chi connectivity index (χ1) is 32.5. The largest absolute Gasteiger partial charge is 0.310 e. The monoisotopic (exact) mass is 869 g/mol. The quantitative estimate of drug-likeness (QED) is 0.167. The van der Waals surface area contributed by atoms with Crippen molar-refractivity contribution in [1.82, 2.24) is 0 Å². The lowest BCUT2D eigenvalue weighted by molar-refractivity contribution is 0.0426. The van der Waals surface area contributed by atoms with Crippen LogP contribution in [0.3, 0.4) is 0 Å². The van der Waals surface area contributed by atoms with E-state index in [1.807, 2.05) is 11.3 Å². The second-order valence-corrected chi connectivity index (χ2v) is 22.1. The summed E-state index contributed by atoms with van der Waals surface area (Å²) >= 11 is 1.93. The lowest BCUT2D eigenvalue weighted by atomic mass is 9.49. The van der Waals surface area contributed by atoms with Crippen LogP contribution in [0.2, 0.25) is 0 Å². The van der Waals surface area contributed by atoms with Gasteiger partial charge in [-0.2, -0.15) is 0 Å². The number of thiophene rings is 1. The van der Waals surface area contributed by atoms with Crippen LogP contribution in [-0.4, -0.2) is 0 Å². The molecule has 1 aromatic heterocycles. The van der Waals surface area contributed by atoms with Crippen molar-refractivity contribution in [3.8, 4) is 44.5 Å². The summed E-state index contributed by atoms with van der Waals surface area (Å²) in [5.74, 6) is 3.07. The second-order valence-electron chi connectivity index (χ2n) is 21.0. The van der Waals surface area contributed by atoms with Gasteiger partial charge in [0.25, 0.3) is 0 Å². The van der Waals surface area contributed by atoms with E-state index in [-0.39, 0.29) is 10.8 Å². The summed E-state index contributed by atoms with van der Waals surface area (Å²) in [4.78, 5) is 2.51. The van der Waals surface area contributed by atoms with Crippen LogP contribution in [-0.2, 0) is 10.8 Å². The van der Waals surface area contributed by atoms with Gasteiger partial charge in [0.15, 0.2) is 0 Å². The second kappa shape index (κ2) is 14.6. The minimum atomic E-state index is 0.103. The van der Waals surface area contributed by atoms with E-state index in [0.717, 1.165) is 17.8 Å². The summed E-state index contributed by atoms with van der Waals surface area (Å²) in [6.45, 7) is 5.09. The van der Waals surface area contributed by atoms with Crippen LogP contribution in [0.1, 0.15) is 87.5 Å². The van der Waals surface area contributed by atoms with Crippen LogP contribution < -0.4 is 4.90 Å². The fourth-order valence-corrected chi connectivity index (χ4v) is 16.1. The predicted molar refractivity (Wildman–Crippen MR) is 280 cm³/mol. The third-order valence-corrected chi connectivity index (χ3v) is 18.7. The number of nitrogens with zero attached hydrogens (tertiary/aromatic N) is 1. The molecule has 1 heterocycles. The van der Waals surface area contributed by atoms with Crippen molar-refractivity contribution >= 4 is 48.6 Å². The first kappa shape index (κ1) is 39.0. The minimum Gasteiger partial charge on any atom is -0.310 e. The van der Waals surface area contributed by atoms with Gasteiger partial charge in [-0.15, -0.1) is 11.3 Å². The van der Waals surface area contributed by atoms with E-state index in [1.165, 1.54) is 144 Å². The highest BCUT2D eigenvalue weighted by Crippen LogP contribution is 2.65. The van der Waals surface area contributed by atoms with Crippen molar-refractivity contribution in [2.75, 3.05) is 4.90 Å². The number of hydrogen-bond donors (Lipinski definition) is 0. The third kappa shape index (κ3) is 5.58. The van der Waals surface area contributed by atoms with Crippen LogP contribution in [0.15, 0.2) is 176 Å². The molecule has 0 N–H and O–H groups in total. The van der Waals surface area contributed by atoms with E-state index >= 15 is 0 Å². The SMILES string of the molecule is C[C@@H]1CC2C[C@@H](C1)[C@@]1(c3ccccc3-c3cc(-c4ccc5c(c4)sc4ccc(N(c6ccc(-c7ccccc7)cc6)c6ccc7c(c6)C6(CCCC6)c6ccccc6-7)cc45)ccc31)[C@@H](C)C2. The summed E-state index contributed by atoms with van der Waals surface area (Å²) in [5.41, 5.74) is 20.9. The van der Waals surface area contributed by atoms with E-state index in [4.69, 9.17) is 0 Å². The molecule has 0 saturated heterocycles. The molecule has 2 bridgehead atoms. The van der Waals surface area contributed by atoms with Crippen molar-refractivity contribution in [3.05, 3.63) is 198 Å². The maximum atomic E-state index is 2.58. The predicted octanol–water partition coefficient (Wildman–Crippen LogP) is 18.1. The average Bonchev–Trinajstić information content (AvgIpc) is 4.13. The van der Waals surface area contributed by atoms with Crippen molar-refractivity contribution in [3.63, 3.8) is 0 Å². The first-order valence-electron chi connectivity index (χ1n) is 24.9. The van der Waals surface area contributed by atoms with Crippen LogP contribution in [0.5, 0.6) is 0 Å². The maximum Gasteiger partial charge on any atom is 0.0468 e. The van der Waals surface area contributed by atoms with E-state index < -0.39 is 0 Å². The molecule has 14 rings (SSSR count). The molecule has 1 nitrogen and oxygen atoms in total. The number of fused-ring (bicyclic) bond motifs is 16. The Morgan fingerprint density at radius 3 is 1.91 bits per heavy atom. The minimum absolute atomic E-state index is 0.103. The summed E-state index contributed by atoms with van der Waals surface area (Å²) in [7, 11) is 0. The summed E-state index contributed by atoms with van der Waals surface area (Å²) in [5, 5.41) is 2.65. The molecule has 322 valence electrons. The highest BCUT2D eigenvalue weighted by atomic mass is 32.1. The molecular weight excluding hydrogens is 815 g/mol. The number of rotatable bonds is 5. The molecule has 9 aromatic rings. The normalized spacial score (nSPS) is 23.0. The Balaban J connectivity index is 0.868. The van der Waals surface area contributed by atoms with Gasteiger partial charge in [0.05, 0.1) is 0 Å². The standard InChI is InChI=1S/C64H55NS/c1-40-32-42-34-41(2)64(47(33-40)35-42)58-17-9-7-15-52(58)55-36-45(21-28-59(55)64)46-20-26-54-56-38-49(25-29-61(56)66-62(54)37-46)65(48-22-18-44(19-23-48)43-12-4-3-5-13-43)50-24-27-53-51-14-6-8-16-57(51)63(60(53)39-50)30-10-11-31-63/h3-9,12-29,36-42,47H,10-11,30-35H2,1-2H3/t40-,41+,42?,47-,64-/m1/s1. The van der Waals surface area contributed by atoms with Gasteiger partial charge in [-0.3, -0.25) is 0 Å². The molecule has 0 radical (unpaired) electrons. The molecule has 1 unspecified atom stereocenters. The van der Waals surface area contributed by atoms with Gasteiger partial charge in [0.1, 0.15) is 0 Å². The fourth-order valence-electron chi connectivity index (χ4n) is 15.0. The molecular formula is C64H55NS. The zero-order chi connectivity index (χ0) is 43.7. The van der Waals surface area contributed by atoms with Gasteiger partial charge in [-0.1, -0.05) is 148 Å². The van der Waals surface area contributed by atoms with Crippen molar-refractivity contribution in [2.24, 2.45) is 23.7 Å². The van der Waals surface area contributed by atoms with Crippen LogP contribution in [0.25, 0.3) is 64.7 Å². The highest BCUT2D eigenvalue weighted by Gasteiger charge is 2.56. The number of hydrogen-bond acceptors (Lipinski definition) is 2. The van der Waals surface area contributed by atoms with Crippen molar-refractivity contribution < 1.29 is 0 Å². The third-order valence-electron chi connectivity index (χ3n) is 17.5. The molecule has 2 heteroatoms. The average molecular weight is 870 g/mol. The van der Waals surface area contributed by atoms with Crippen molar-refractivity contribution in [1.29, 1.82) is 0 Å². The van der Waals surface area contributed by atoms with Gasteiger partial charge in [0, 0.05) is 48.1 Å².